The van der Waals surface area contributed by atoms with Crippen LogP contribution in [-0.4, -0.2) is 66.0 Å². The Bertz CT molecular complexity index is 1220. The van der Waals surface area contributed by atoms with E-state index >= 15 is 0 Å². The number of carboxylic acid groups (broad SMARTS) is 1. The highest BCUT2D eigenvalue weighted by Crippen LogP contribution is 2.42. The maximum atomic E-state index is 12.8. The van der Waals surface area contributed by atoms with Crippen LogP contribution in [0.2, 0.25) is 9.49 Å². The van der Waals surface area contributed by atoms with Crippen molar-refractivity contribution < 1.29 is 24.7 Å². The SMILES string of the molecule is Nc1nc(/C(=N/O)C(=O)N[C@@H]2C(=O)N3C(C(=O)O)=C(Sc4ccc(Cl)nn4)CC[C@H]23)c(Cl)s1. The topological polar surface area (TPSA) is 184 Å². The van der Waals surface area contributed by atoms with Crippen molar-refractivity contribution in [1.29, 1.82) is 0 Å². The van der Waals surface area contributed by atoms with Crippen LogP contribution in [0.5, 0.6) is 0 Å². The third-order valence-corrected chi connectivity index (χ3v) is 7.21. The molecule has 0 bridgehead atoms. The van der Waals surface area contributed by atoms with Crippen molar-refractivity contribution in [1.82, 2.24) is 25.4 Å². The number of carbonyl (C=O) groups excluding carboxylic acids is 2. The van der Waals surface area contributed by atoms with Gasteiger partial charge in [-0.05, 0) is 25.0 Å². The Hall–Kier alpha value is -2.94. The van der Waals surface area contributed by atoms with Crippen molar-refractivity contribution >= 4 is 74.9 Å². The number of nitrogen functional groups attached to an aromatic ring is 1. The second-order valence-electron chi connectivity index (χ2n) is 6.76. The predicted molar refractivity (Wildman–Crippen MR) is 119 cm³/mol. The lowest BCUT2D eigenvalue weighted by Gasteiger charge is -2.50. The zero-order valence-electron chi connectivity index (χ0n) is 16.2. The molecule has 172 valence electrons. The number of hydrogen-bond donors (Lipinski definition) is 4. The normalized spacial score (nSPS) is 20.4. The summed E-state index contributed by atoms with van der Waals surface area (Å²) in [5.74, 6) is -2.81. The number of rotatable bonds is 6. The summed E-state index contributed by atoms with van der Waals surface area (Å²) < 4.78 is 0.0396. The van der Waals surface area contributed by atoms with Crippen molar-refractivity contribution in [2.75, 3.05) is 5.73 Å². The van der Waals surface area contributed by atoms with E-state index in [0.717, 1.165) is 28.0 Å². The molecular weight excluding hydrogens is 517 g/mol. The van der Waals surface area contributed by atoms with Crippen LogP contribution in [0.25, 0.3) is 0 Å². The molecule has 12 nitrogen and oxygen atoms in total. The smallest absolute Gasteiger partial charge is 0.353 e. The number of hydrogen-bond acceptors (Lipinski definition) is 11. The molecule has 0 saturated carbocycles. The number of oxime groups is 1. The molecule has 0 aromatic carbocycles. The standard InChI is InChI=1S/C17H13Cl2N7O5S2/c18-7-3-4-8(24-23-7)32-6-2-1-5-9(15(28)26(5)12(6)16(29)30)21-14(27)11(25-31)10-13(19)33-17(20)22-10/h3-5,9,31H,1-2H2,(H2,20,22)(H,21,27)(H,29,30)/b25-11-/t5-,9+/m1/s1. The molecule has 4 heterocycles. The first kappa shape index (κ1) is 23.2. The fourth-order valence-corrected chi connectivity index (χ4v) is 5.49. The highest BCUT2D eigenvalue weighted by Gasteiger charge is 2.54. The Labute approximate surface area is 203 Å². The number of thiazole rings is 1. The van der Waals surface area contributed by atoms with E-state index in [0.29, 0.717) is 22.8 Å². The molecule has 2 aliphatic heterocycles. The van der Waals surface area contributed by atoms with E-state index in [1.165, 1.54) is 6.07 Å². The molecular formula is C17H13Cl2N7O5S2. The van der Waals surface area contributed by atoms with Crippen molar-refractivity contribution in [2.24, 2.45) is 5.16 Å². The monoisotopic (exact) mass is 529 g/mol. The molecule has 0 unspecified atom stereocenters. The van der Waals surface area contributed by atoms with Crippen molar-refractivity contribution in [3.63, 3.8) is 0 Å². The first-order chi connectivity index (χ1) is 15.7. The van der Waals surface area contributed by atoms with Gasteiger partial charge in [0.05, 0.1) is 6.04 Å². The van der Waals surface area contributed by atoms with Gasteiger partial charge < -0.3 is 21.4 Å². The van der Waals surface area contributed by atoms with Crippen LogP contribution in [0.15, 0.2) is 32.9 Å². The number of carboxylic acids is 1. The molecule has 2 aromatic rings. The van der Waals surface area contributed by atoms with Crippen LogP contribution in [0.1, 0.15) is 18.5 Å². The van der Waals surface area contributed by atoms with Crippen molar-refractivity contribution in [2.45, 2.75) is 30.0 Å². The quantitative estimate of drug-likeness (QED) is 0.185. The largest absolute Gasteiger partial charge is 0.477 e. The molecule has 1 fully saturated rings. The Balaban J connectivity index is 1.53. The van der Waals surface area contributed by atoms with Gasteiger partial charge >= 0.3 is 5.97 Å². The van der Waals surface area contributed by atoms with Crippen LogP contribution >= 0.6 is 46.3 Å². The summed E-state index contributed by atoms with van der Waals surface area (Å²) in [4.78, 5) is 42.8. The zero-order chi connectivity index (χ0) is 23.9. The van der Waals surface area contributed by atoms with E-state index in [1.54, 1.807) is 6.07 Å². The molecule has 2 amide bonds. The number of β-lactam (4-membered cyclic amide) rings is 1. The average molecular weight is 530 g/mol. The Morgan fingerprint density at radius 2 is 2.09 bits per heavy atom. The van der Waals surface area contributed by atoms with Gasteiger partial charge in [0.2, 0.25) is 0 Å². The molecule has 2 atom stereocenters. The van der Waals surface area contributed by atoms with E-state index in [2.05, 4.69) is 25.7 Å². The third-order valence-electron chi connectivity index (χ3n) is 4.86. The van der Waals surface area contributed by atoms with Gasteiger partial charge in [0, 0.05) is 4.91 Å². The molecule has 2 aromatic heterocycles. The van der Waals surface area contributed by atoms with Crippen LogP contribution in [0, 0.1) is 0 Å². The van der Waals surface area contributed by atoms with E-state index in [1.807, 2.05) is 0 Å². The van der Waals surface area contributed by atoms with Gasteiger partial charge in [-0.15, -0.1) is 10.2 Å². The number of thioether (sulfide) groups is 1. The lowest BCUT2D eigenvalue weighted by Crippen LogP contribution is -2.72. The lowest BCUT2D eigenvalue weighted by atomic mass is 9.86. The lowest BCUT2D eigenvalue weighted by molar-refractivity contribution is -0.155. The second kappa shape index (κ2) is 9.13. The molecule has 5 N–H and O–H groups in total. The summed E-state index contributed by atoms with van der Waals surface area (Å²) in [5, 5.41) is 32.7. The van der Waals surface area contributed by atoms with Crippen LogP contribution in [-0.2, 0) is 14.4 Å². The van der Waals surface area contributed by atoms with Gasteiger partial charge in [0.25, 0.3) is 11.8 Å². The number of nitrogens with one attached hydrogen (secondary N) is 1. The van der Waals surface area contributed by atoms with Crippen molar-refractivity contribution in [3.8, 4) is 0 Å². The first-order valence-electron chi connectivity index (χ1n) is 9.13. The van der Waals surface area contributed by atoms with E-state index in [-0.39, 0.29) is 26.0 Å². The van der Waals surface area contributed by atoms with Gasteiger partial charge in [-0.3, -0.25) is 14.5 Å². The Morgan fingerprint density at radius 1 is 1.33 bits per heavy atom. The number of fused-ring (bicyclic) bond motifs is 1. The molecule has 0 radical (unpaired) electrons. The van der Waals surface area contributed by atoms with Gasteiger partial charge in [-0.25, -0.2) is 9.78 Å². The number of carbonyl (C=O) groups is 3. The van der Waals surface area contributed by atoms with Gasteiger partial charge in [-0.1, -0.05) is 51.5 Å². The van der Waals surface area contributed by atoms with Gasteiger partial charge in [0.15, 0.2) is 16.0 Å². The summed E-state index contributed by atoms with van der Waals surface area (Å²) in [6, 6.07) is 1.50. The number of nitrogens with two attached hydrogens (primary N) is 1. The van der Waals surface area contributed by atoms with Crippen LogP contribution in [0.4, 0.5) is 5.13 Å². The minimum Gasteiger partial charge on any atom is -0.477 e. The molecule has 1 saturated heterocycles. The van der Waals surface area contributed by atoms with Gasteiger partial charge in [-0.2, -0.15) is 0 Å². The fraction of sp³-hybridized carbons (Fsp3) is 0.235. The zero-order valence-corrected chi connectivity index (χ0v) is 19.4. The number of halogens is 2. The molecule has 2 aliphatic rings. The van der Waals surface area contributed by atoms with E-state index in [9.17, 15) is 24.7 Å². The highest BCUT2D eigenvalue weighted by atomic mass is 35.5. The maximum absolute atomic E-state index is 12.8. The number of anilines is 1. The summed E-state index contributed by atoms with van der Waals surface area (Å²) in [6.45, 7) is 0. The summed E-state index contributed by atoms with van der Waals surface area (Å²) >= 11 is 13.7. The molecule has 0 aliphatic carbocycles. The van der Waals surface area contributed by atoms with Crippen LogP contribution < -0.4 is 11.1 Å². The molecule has 33 heavy (non-hydrogen) atoms. The molecule has 16 heteroatoms. The average Bonchev–Trinajstić information content (AvgIpc) is 3.11. The second-order valence-corrected chi connectivity index (χ2v) is 9.90. The Kier molecular flexibility index (Phi) is 6.43. The predicted octanol–water partition coefficient (Wildman–Crippen LogP) is 1.58. The minimum atomic E-state index is -1.29. The van der Waals surface area contributed by atoms with E-state index in [4.69, 9.17) is 28.9 Å². The van der Waals surface area contributed by atoms with E-state index < -0.39 is 35.6 Å². The third kappa shape index (κ3) is 4.34. The molecule has 0 spiro atoms. The fourth-order valence-electron chi connectivity index (χ4n) is 3.49. The summed E-state index contributed by atoms with van der Waals surface area (Å²) in [5.41, 5.74) is 4.73. The number of allylic oxidation sites excluding steroid dienone is 1. The maximum Gasteiger partial charge on any atom is 0.353 e. The minimum absolute atomic E-state index is 0.0396. The first-order valence-corrected chi connectivity index (χ1v) is 11.5. The van der Waals surface area contributed by atoms with Crippen LogP contribution in [0.3, 0.4) is 0 Å². The summed E-state index contributed by atoms with van der Waals surface area (Å²) in [6.07, 6.45) is 0.708. The molecule has 4 rings (SSSR count). The highest BCUT2D eigenvalue weighted by molar-refractivity contribution is 8.03. The Morgan fingerprint density at radius 3 is 2.67 bits per heavy atom. The number of aromatic nitrogens is 3. The van der Waals surface area contributed by atoms with Gasteiger partial charge in [0.1, 0.15) is 26.8 Å². The number of amides is 2. The number of nitrogens with zero attached hydrogens (tertiary/aromatic N) is 5. The number of aliphatic carboxylic acids is 1. The summed E-state index contributed by atoms with van der Waals surface area (Å²) in [7, 11) is 0. The van der Waals surface area contributed by atoms with Crippen molar-refractivity contribution in [3.05, 3.63) is 37.9 Å².